The number of aromatic nitrogens is 17. The number of carbonyl (C=O) groups is 3. The van der Waals surface area contributed by atoms with Crippen molar-refractivity contribution in [3.63, 3.8) is 0 Å². The van der Waals surface area contributed by atoms with Gasteiger partial charge in [-0.3, -0.25) is 43.4 Å². The van der Waals surface area contributed by atoms with E-state index in [1.165, 1.54) is 0 Å². The van der Waals surface area contributed by atoms with Crippen molar-refractivity contribution in [2.24, 2.45) is 21.1 Å². The molecular weight excluding hydrogens is 1280 g/mol. The average molecular weight is 1350 g/mol. The van der Waals surface area contributed by atoms with E-state index in [0.717, 1.165) is 89.2 Å². The van der Waals surface area contributed by atoms with Crippen molar-refractivity contribution in [3.05, 3.63) is 258 Å². The van der Waals surface area contributed by atoms with E-state index in [9.17, 15) is 14.4 Å². The van der Waals surface area contributed by atoms with Gasteiger partial charge >= 0.3 is 0 Å². The molecule has 0 saturated carbocycles. The Labute approximate surface area is 585 Å². The molecule has 6 aromatic carbocycles. The minimum absolute atomic E-state index is 0.182. The number of aryl methyl sites for hydroxylation is 9. The first-order valence-electron chi connectivity index (χ1n) is 32.2. The molecule has 0 saturated heterocycles. The summed E-state index contributed by atoms with van der Waals surface area (Å²) in [6.07, 6.45) is 18.3. The molecule has 102 heavy (non-hydrogen) atoms. The Kier molecular flexibility index (Phi) is 19.2. The summed E-state index contributed by atoms with van der Waals surface area (Å²) in [4.78, 5) is 87.7. The highest BCUT2D eigenvalue weighted by Gasteiger charge is 2.21. The number of hydrogen-bond acceptors (Lipinski definition) is 20. The van der Waals surface area contributed by atoms with Crippen LogP contribution >= 0.6 is 0 Å². The Hall–Kier alpha value is -13.9. The van der Waals surface area contributed by atoms with Crippen LogP contribution in [0.15, 0.2) is 208 Å². The van der Waals surface area contributed by atoms with E-state index in [2.05, 4.69) is 87.1 Å². The number of benzene rings is 6. The van der Waals surface area contributed by atoms with Crippen LogP contribution in [0.1, 0.15) is 64.5 Å². The van der Waals surface area contributed by atoms with E-state index in [1.54, 1.807) is 88.1 Å². The molecule has 0 aliphatic heterocycles. The van der Waals surface area contributed by atoms with Gasteiger partial charge in [0.15, 0.2) is 34.4 Å². The van der Waals surface area contributed by atoms with Gasteiger partial charge in [-0.2, -0.15) is 15.3 Å². The molecule has 0 unspecified atom stereocenters. The van der Waals surface area contributed by atoms with Gasteiger partial charge < -0.3 is 31.9 Å². The van der Waals surface area contributed by atoms with Crippen LogP contribution in [0.25, 0.3) is 67.5 Å². The lowest BCUT2D eigenvalue weighted by molar-refractivity contribution is 0.101. The molecule has 26 heteroatoms. The zero-order chi connectivity index (χ0) is 71.0. The van der Waals surface area contributed by atoms with E-state index < -0.39 is 0 Å². The normalized spacial score (nSPS) is 10.9. The standard InChI is InChI=1S/C26H23N7O.2C25H22N8O/c1-16-6-4-8-20(12-16)29-26(34)18-10-9-17(2)22(13-18)30-24-21-15-28-33(3)25(21)32-23(31-24)19-7-5-11-27-14-19;1-15-5-4-6-18(11-15)28-25(34)17-8-7-16(2)20(12-17)29-22-19-14-33(3)32-23(19)31-24(30-22)21-13-26-9-10-27-21;1-15-5-4-6-18(11-15)29-25(34)17-8-7-16(2)20(12-17)30-22-19-13-28-33(3)24(19)32-23(31-22)21-14-26-9-10-27-21/h4-15H,1-3H3,(H,29,34)(H,30,31,32);4-14H,1-3H3,(H,28,34)(H,29,30,31,32);4-14H,1-3H3,(H,29,34)(H,30,31,32). The van der Waals surface area contributed by atoms with Gasteiger partial charge in [0, 0.05) is 121 Å². The predicted octanol–water partition coefficient (Wildman–Crippen LogP) is 13.9. The molecule has 9 aromatic heterocycles. The van der Waals surface area contributed by atoms with Crippen LogP contribution in [-0.4, -0.2) is 102 Å². The highest BCUT2D eigenvalue weighted by atomic mass is 16.2. The van der Waals surface area contributed by atoms with Crippen molar-refractivity contribution in [3.8, 4) is 34.4 Å². The molecule has 0 aliphatic rings. The van der Waals surface area contributed by atoms with Crippen molar-refractivity contribution in [2.75, 3.05) is 31.9 Å². The predicted molar refractivity (Wildman–Crippen MR) is 395 cm³/mol. The quantitative estimate of drug-likeness (QED) is 0.0555. The molecule has 0 bridgehead atoms. The van der Waals surface area contributed by atoms with E-state index in [4.69, 9.17) is 15.0 Å². The molecule has 26 nitrogen and oxygen atoms in total. The highest BCUT2D eigenvalue weighted by Crippen LogP contribution is 2.33. The van der Waals surface area contributed by atoms with Crippen molar-refractivity contribution in [1.29, 1.82) is 0 Å². The Bertz CT molecular complexity index is 5230. The second-order valence-corrected chi connectivity index (χ2v) is 24.1. The fraction of sp³-hybridized carbons (Fsp3) is 0.118. The van der Waals surface area contributed by atoms with Crippen LogP contribution in [-0.2, 0) is 21.1 Å². The number of fused-ring (bicyclic) bond motifs is 3. The average Bonchev–Trinajstić information content (AvgIpc) is 1.57. The summed E-state index contributed by atoms with van der Waals surface area (Å²) in [5.74, 6) is 2.56. The van der Waals surface area contributed by atoms with E-state index in [0.29, 0.717) is 79.9 Å². The summed E-state index contributed by atoms with van der Waals surface area (Å²) < 4.78 is 5.07. The molecule has 15 rings (SSSR count). The van der Waals surface area contributed by atoms with Crippen LogP contribution in [0.5, 0.6) is 0 Å². The lowest BCUT2D eigenvalue weighted by Crippen LogP contribution is -2.12. The van der Waals surface area contributed by atoms with Crippen LogP contribution in [0.2, 0.25) is 0 Å². The van der Waals surface area contributed by atoms with Gasteiger partial charge in [0.05, 0.1) is 40.9 Å². The summed E-state index contributed by atoms with van der Waals surface area (Å²) in [5, 5.41) is 34.4. The minimum atomic E-state index is -0.192. The van der Waals surface area contributed by atoms with Gasteiger partial charge in [-0.1, -0.05) is 54.6 Å². The summed E-state index contributed by atoms with van der Waals surface area (Å²) in [5.41, 5.74) is 16.1. The number of rotatable bonds is 15. The molecular formula is C76H67N23O3. The summed E-state index contributed by atoms with van der Waals surface area (Å²) in [6, 6.07) is 43.5. The van der Waals surface area contributed by atoms with Gasteiger partial charge in [0.1, 0.15) is 28.8 Å². The molecule has 0 atom stereocenters. The van der Waals surface area contributed by atoms with Crippen LogP contribution < -0.4 is 31.9 Å². The Balaban J connectivity index is 0.000000137. The number of pyridine rings is 1. The van der Waals surface area contributed by atoms with Gasteiger partial charge in [0.25, 0.3) is 17.7 Å². The molecule has 0 spiro atoms. The third-order valence-corrected chi connectivity index (χ3v) is 16.3. The number of hydrogen-bond donors (Lipinski definition) is 6. The summed E-state index contributed by atoms with van der Waals surface area (Å²) >= 11 is 0. The molecule has 6 N–H and O–H groups in total. The van der Waals surface area contributed by atoms with E-state index in [-0.39, 0.29) is 17.7 Å². The molecule has 0 fully saturated rings. The van der Waals surface area contributed by atoms with E-state index >= 15 is 0 Å². The fourth-order valence-electron chi connectivity index (χ4n) is 10.9. The molecule has 15 aromatic rings. The largest absolute Gasteiger partial charge is 0.339 e. The van der Waals surface area contributed by atoms with Gasteiger partial charge in [-0.25, -0.2) is 39.9 Å². The van der Waals surface area contributed by atoms with Crippen molar-refractivity contribution in [1.82, 2.24) is 84.2 Å². The van der Waals surface area contributed by atoms with E-state index in [1.807, 2.05) is 196 Å². The zero-order valence-corrected chi connectivity index (χ0v) is 57.0. The van der Waals surface area contributed by atoms with Crippen molar-refractivity contribution in [2.45, 2.75) is 41.5 Å². The minimum Gasteiger partial charge on any atom is -0.339 e. The second-order valence-electron chi connectivity index (χ2n) is 24.1. The third kappa shape index (κ3) is 15.4. The Morgan fingerprint density at radius 3 is 1.21 bits per heavy atom. The van der Waals surface area contributed by atoms with Crippen molar-refractivity contribution < 1.29 is 14.4 Å². The van der Waals surface area contributed by atoms with Gasteiger partial charge in [0.2, 0.25) is 0 Å². The van der Waals surface area contributed by atoms with Gasteiger partial charge in [-0.05, 0) is 160 Å². The lowest BCUT2D eigenvalue weighted by Gasteiger charge is -2.13. The number of carbonyl (C=O) groups excluding carboxylic acids is 3. The Morgan fingerprint density at radius 2 is 0.794 bits per heavy atom. The maximum absolute atomic E-state index is 12.9. The number of anilines is 9. The monoisotopic (exact) mass is 1350 g/mol. The summed E-state index contributed by atoms with van der Waals surface area (Å²) in [7, 11) is 5.49. The first kappa shape index (κ1) is 66.7. The van der Waals surface area contributed by atoms with Crippen molar-refractivity contribution >= 4 is 102 Å². The second kappa shape index (κ2) is 29.4. The molecule has 0 radical (unpaired) electrons. The molecule has 504 valence electrons. The smallest absolute Gasteiger partial charge is 0.255 e. The lowest BCUT2D eigenvalue weighted by atomic mass is 10.1. The Morgan fingerprint density at radius 1 is 0.382 bits per heavy atom. The van der Waals surface area contributed by atoms with Crippen LogP contribution in [0.4, 0.5) is 51.6 Å². The topological polar surface area (TPSA) is 319 Å². The number of amides is 3. The highest BCUT2D eigenvalue weighted by molar-refractivity contribution is 6.07. The molecule has 0 aliphatic carbocycles. The van der Waals surface area contributed by atoms with Crippen LogP contribution in [0.3, 0.4) is 0 Å². The first-order chi connectivity index (χ1) is 49.4. The summed E-state index contributed by atoms with van der Waals surface area (Å²) in [6.45, 7) is 11.9. The van der Waals surface area contributed by atoms with Crippen LogP contribution in [0, 0.1) is 41.5 Å². The fourth-order valence-corrected chi connectivity index (χ4v) is 10.9. The zero-order valence-electron chi connectivity index (χ0n) is 57.0. The van der Waals surface area contributed by atoms with Gasteiger partial charge in [-0.15, -0.1) is 0 Å². The number of nitrogens with zero attached hydrogens (tertiary/aromatic N) is 17. The maximum atomic E-state index is 12.9. The molecule has 3 amide bonds. The first-order valence-corrected chi connectivity index (χ1v) is 32.2. The third-order valence-electron chi connectivity index (χ3n) is 16.3. The number of nitrogens with one attached hydrogen (secondary N) is 6. The molecule has 9 heterocycles. The maximum Gasteiger partial charge on any atom is 0.255 e. The SMILES string of the molecule is Cc1cccc(NC(=O)c2ccc(C)c(Nc3nc(-c4cccnc4)nc4c3cnn4C)c2)c1.Cc1cccc(NC(=O)c2ccc(C)c(Nc3nc(-c4cnccn4)nc4c3cnn4C)c2)c1.Cc1cccc(NC(=O)c2ccc(C)c(Nc3nc(-c4cnccn4)nc4nn(C)cc34)c2)c1.